The van der Waals surface area contributed by atoms with E-state index in [-0.39, 0.29) is 24.0 Å². The van der Waals surface area contributed by atoms with Gasteiger partial charge >= 0.3 is 0 Å². The minimum atomic E-state index is -0.325. The standard InChI is InChI=1S/C13H14N2O3/c1-7-11(4-5-18-7)14-8-2-3-9-10(6-8)13(17)15-12(9)16/h2-3,6-7,11,14H,4-5H2,1H3,(H,15,16,17). The van der Waals surface area contributed by atoms with E-state index in [1.165, 1.54) is 0 Å². The summed E-state index contributed by atoms with van der Waals surface area (Å²) in [5, 5.41) is 5.62. The van der Waals surface area contributed by atoms with Gasteiger partial charge in [-0.1, -0.05) is 0 Å². The lowest BCUT2D eigenvalue weighted by Gasteiger charge is -2.17. The highest BCUT2D eigenvalue weighted by Gasteiger charge is 2.28. The Morgan fingerprint density at radius 2 is 2.06 bits per heavy atom. The summed E-state index contributed by atoms with van der Waals surface area (Å²) >= 11 is 0. The first-order valence-corrected chi connectivity index (χ1v) is 6.03. The van der Waals surface area contributed by atoms with Gasteiger partial charge in [0.25, 0.3) is 11.8 Å². The van der Waals surface area contributed by atoms with Crippen LogP contribution in [0, 0.1) is 0 Å². The highest BCUT2D eigenvalue weighted by molar-refractivity contribution is 6.21. The molecule has 94 valence electrons. The third-order valence-corrected chi connectivity index (χ3v) is 3.46. The van der Waals surface area contributed by atoms with E-state index in [1.54, 1.807) is 12.1 Å². The minimum Gasteiger partial charge on any atom is -0.380 e. The average Bonchev–Trinajstić information content (AvgIpc) is 2.86. The summed E-state index contributed by atoms with van der Waals surface area (Å²) in [6, 6.07) is 5.48. The van der Waals surface area contributed by atoms with Gasteiger partial charge in [0.15, 0.2) is 0 Å². The maximum atomic E-state index is 11.5. The van der Waals surface area contributed by atoms with Crippen molar-refractivity contribution in [1.29, 1.82) is 0 Å². The van der Waals surface area contributed by atoms with Gasteiger partial charge < -0.3 is 10.1 Å². The smallest absolute Gasteiger partial charge is 0.259 e. The van der Waals surface area contributed by atoms with Crippen molar-refractivity contribution >= 4 is 17.5 Å². The van der Waals surface area contributed by atoms with Gasteiger partial charge in [0.05, 0.1) is 23.3 Å². The number of fused-ring (bicyclic) bond motifs is 1. The molecule has 2 aliphatic rings. The van der Waals surface area contributed by atoms with Crippen molar-refractivity contribution in [3.05, 3.63) is 29.3 Å². The Bertz CT molecular complexity index is 527. The quantitative estimate of drug-likeness (QED) is 0.768. The molecule has 0 aromatic heterocycles. The first-order valence-electron chi connectivity index (χ1n) is 6.03. The van der Waals surface area contributed by atoms with Crippen LogP contribution in [0.25, 0.3) is 0 Å². The Balaban J connectivity index is 1.85. The molecule has 2 atom stereocenters. The van der Waals surface area contributed by atoms with Crippen molar-refractivity contribution in [2.45, 2.75) is 25.5 Å². The van der Waals surface area contributed by atoms with E-state index in [1.807, 2.05) is 13.0 Å². The maximum absolute atomic E-state index is 11.5. The van der Waals surface area contributed by atoms with E-state index in [0.29, 0.717) is 11.1 Å². The van der Waals surface area contributed by atoms with E-state index in [2.05, 4.69) is 10.6 Å². The van der Waals surface area contributed by atoms with Crippen LogP contribution in [0.5, 0.6) is 0 Å². The van der Waals surface area contributed by atoms with Crippen LogP contribution in [0.4, 0.5) is 5.69 Å². The van der Waals surface area contributed by atoms with Gasteiger partial charge in [0, 0.05) is 12.3 Å². The Labute approximate surface area is 105 Å². The molecule has 2 N–H and O–H groups in total. The SMILES string of the molecule is CC1OCCC1Nc1ccc2c(c1)C(=O)NC2=O. The van der Waals surface area contributed by atoms with Gasteiger partial charge in [0.2, 0.25) is 0 Å². The van der Waals surface area contributed by atoms with Crippen LogP contribution >= 0.6 is 0 Å². The zero-order chi connectivity index (χ0) is 12.7. The maximum Gasteiger partial charge on any atom is 0.259 e. The summed E-state index contributed by atoms with van der Waals surface area (Å²) in [5.74, 6) is -0.645. The fourth-order valence-corrected chi connectivity index (χ4v) is 2.39. The molecule has 2 unspecified atom stereocenters. The molecule has 1 fully saturated rings. The predicted molar refractivity (Wildman–Crippen MR) is 65.7 cm³/mol. The van der Waals surface area contributed by atoms with E-state index in [0.717, 1.165) is 18.7 Å². The largest absolute Gasteiger partial charge is 0.380 e. The van der Waals surface area contributed by atoms with Crippen LogP contribution in [0.3, 0.4) is 0 Å². The lowest BCUT2D eigenvalue weighted by Crippen LogP contribution is -2.26. The Morgan fingerprint density at radius 1 is 1.28 bits per heavy atom. The summed E-state index contributed by atoms with van der Waals surface area (Å²) in [5.41, 5.74) is 1.73. The van der Waals surface area contributed by atoms with E-state index in [9.17, 15) is 9.59 Å². The number of carbonyl (C=O) groups is 2. The molecule has 2 heterocycles. The fraction of sp³-hybridized carbons (Fsp3) is 0.385. The van der Waals surface area contributed by atoms with Crippen LogP contribution in [0.2, 0.25) is 0 Å². The van der Waals surface area contributed by atoms with Gasteiger partial charge in [0.1, 0.15) is 0 Å². The molecule has 0 saturated carbocycles. The molecule has 0 spiro atoms. The minimum absolute atomic E-state index is 0.161. The van der Waals surface area contributed by atoms with Crippen LogP contribution in [0.1, 0.15) is 34.1 Å². The van der Waals surface area contributed by atoms with Crippen molar-refractivity contribution in [2.24, 2.45) is 0 Å². The molecule has 0 radical (unpaired) electrons. The number of hydrogen-bond acceptors (Lipinski definition) is 4. The van der Waals surface area contributed by atoms with E-state index >= 15 is 0 Å². The summed E-state index contributed by atoms with van der Waals surface area (Å²) in [6.45, 7) is 2.77. The van der Waals surface area contributed by atoms with Gasteiger partial charge in [-0.15, -0.1) is 0 Å². The molecule has 1 saturated heterocycles. The molecule has 1 aromatic carbocycles. The fourth-order valence-electron chi connectivity index (χ4n) is 2.39. The number of amides is 2. The lowest BCUT2D eigenvalue weighted by atomic mass is 10.1. The average molecular weight is 246 g/mol. The Morgan fingerprint density at radius 3 is 2.78 bits per heavy atom. The Hall–Kier alpha value is -1.88. The molecular weight excluding hydrogens is 232 g/mol. The summed E-state index contributed by atoms with van der Waals surface area (Å²) < 4.78 is 5.47. The predicted octanol–water partition coefficient (Wildman–Crippen LogP) is 1.16. The highest BCUT2D eigenvalue weighted by Crippen LogP contribution is 2.23. The number of nitrogens with one attached hydrogen (secondary N) is 2. The van der Waals surface area contributed by atoms with Crippen molar-refractivity contribution in [1.82, 2.24) is 5.32 Å². The lowest BCUT2D eigenvalue weighted by molar-refractivity contribution is 0.0879. The zero-order valence-electron chi connectivity index (χ0n) is 10.0. The zero-order valence-corrected chi connectivity index (χ0v) is 10.0. The molecule has 1 aromatic rings. The topological polar surface area (TPSA) is 67.4 Å². The molecular formula is C13H14N2O3. The first kappa shape index (κ1) is 11.2. The third kappa shape index (κ3) is 1.76. The summed E-state index contributed by atoms with van der Waals surface area (Å²) in [4.78, 5) is 23.0. The molecule has 18 heavy (non-hydrogen) atoms. The Kier molecular flexibility index (Phi) is 2.56. The highest BCUT2D eigenvalue weighted by atomic mass is 16.5. The second-order valence-corrected chi connectivity index (χ2v) is 4.66. The molecule has 5 heteroatoms. The number of rotatable bonds is 2. The summed E-state index contributed by atoms with van der Waals surface area (Å²) in [6.07, 6.45) is 1.11. The van der Waals surface area contributed by atoms with E-state index < -0.39 is 0 Å². The van der Waals surface area contributed by atoms with Gasteiger partial charge in [-0.2, -0.15) is 0 Å². The molecule has 0 aliphatic carbocycles. The second-order valence-electron chi connectivity index (χ2n) is 4.66. The third-order valence-electron chi connectivity index (χ3n) is 3.46. The van der Waals surface area contributed by atoms with Crippen molar-refractivity contribution in [3.63, 3.8) is 0 Å². The number of benzene rings is 1. The molecule has 5 nitrogen and oxygen atoms in total. The normalized spacial score (nSPS) is 26.1. The van der Waals surface area contributed by atoms with Crippen LogP contribution in [-0.2, 0) is 4.74 Å². The number of anilines is 1. The van der Waals surface area contributed by atoms with Gasteiger partial charge in [-0.05, 0) is 31.5 Å². The van der Waals surface area contributed by atoms with Crippen molar-refractivity contribution in [3.8, 4) is 0 Å². The van der Waals surface area contributed by atoms with Crippen molar-refractivity contribution in [2.75, 3.05) is 11.9 Å². The second kappa shape index (κ2) is 4.10. The van der Waals surface area contributed by atoms with Crippen LogP contribution < -0.4 is 10.6 Å². The number of hydrogen-bond donors (Lipinski definition) is 2. The molecule has 3 rings (SSSR count). The number of imide groups is 1. The van der Waals surface area contributed by atoms with Crippen LogP contribution in [-0.4, -0.2) is 30.6 Å². The monoisotopic (exact) mass is 246 g/mol. The van der Waals surface area contributed by atoms with Crippen molar-refractivity contribution < 1.29 is 14.3 Å². The summed E-state index contributed by atoms with van der Waals surface area (Å²) in [7, 11) is 0. The number of carbonyl (C=O) groups excluding carboxylic acids is 2. The van der Waals surface area contributed by atoms with E-state index in [4.69, 9.17) is 4.74 Å². The number of ether oxygens (including phenoxy) is 1. The van der Waals surface area contributed by atoms with Gasteiger partial charge in [-0.3, -0.25) is 14.9 Å². The molecule has 2 amide bonds. The van der Waals surface area contributed by atoms with Gasteiger partial charge in [-0.25, -0.2) is 0 Å². The molecule has 2 aliphatic heterocycles. The molecule has 0 bridgehead atoms. The first-order chi connectivity index (χ1) is 8.65. The van der Waals surface area contributed by atoms with Crippen LogP contribution in [0.15, 0.2) is 18.2 Å².